The Bertz CT molecular complexity index is 910. The van der Waals surface area contributed by atoms with E-state index in [1.165, 1.54) is 11.6 Å². The zero-order valence-electron chi connectivity index (χ0n) is 12.7. The molecule has 0 unspecified atom stereocenters. The molecule has 0 saturated heterocycles. The summed E-state index contributed by atoms with van der Waals surface area (Å²) in [5.41, 5.74) is 3.58. The number of aromatic amines is 1. The second-order valence-electron chi connectivity index (χ2n) is 5.45. The van der Waals surface area contributed by atoms with Crippen molar-refractivity contribution in [1.29, 1.82) is 0 Å². The smallest absolute Gasteiger partial charge is 0.199 e. The third kappa shape index (κ3) is 3.07. The van der Waals surface area contributed by atoms with Crippen LogP contribution in [0.3, 0.4) is 0 Å². The summed E-state index contributed by atoms with van der Waals surface area (Å²) in [4.78, 5) is 0. The van der Waals surface area contributed by atoms with Gasteiger partial charge in [0.1, 0.15) is 11.6 Å². The Morgan fingerprint density at radius 3 is 2.74 bits per heavy atom. The van der Waals surface area contributed by atoms with Crippen molar-refractivity contribution in [3.8, 4) is 5.69 Å². The van der Waals surface area contributed by atoms with E-state index in [0.29, 0.717) is 21.2 Å². The molecule has 0 fully saturated rings. The van der Waals surface area contributed by atoms with Gasteiger partial charge in [-0.15, -0.1) is 0 Å². The SMILES string of the molecule is Cc1ccc(-n2c(Cc3c(F)cccc3Cl)n[nH]c2=S)c(C)c1. The summed E-state index contributed by atoms with van der Waals surface area (Å²) in [6.07, 6.45) is 0.256. The van der Waals surface area contributed by atoms with E-state index in [2.05, 4.69) is 16.3 Å². The average molecular weight is 348 g/mol. The molecule has 0 atom stereocenters. The Morgan fingerprint density at radius 2 is 2.04 bits per heavy atom. The van der Waals surface area contributed by atoms with Crippen LogP contribution >= 0.6 is 23.8 Å². The fourth-order valence-corrected chi connectivity index (χ4v) is 3.09. The molecule has 3 rings (SSSR count). The first-order chi connectivity index (χ1) is 11.0. The highest BCUT2D eigenvalue weighted by atomic mass is 35.5. The first kappa shape index (κ1) is 15.9. The van der Waals surface area contributed by atoms with Gasteiger partial charge in [0.2, 0.25) is 0 Å². The van der Waals surface area contributed by atoms with Crippen molar-refractivity contribution in [3.63, 3.8) is 0 Å². The third-order valence-electron chi connectivity index (χ3n) is 3.73. The van der Waals surface area contributed by atoms with Crippen LogP contribution in [0.15, 0.2) is 36.4 Å². The summed E-state index contributed by atoms with van der Waals surface area (Å²) in [6, 6.07) is 10.7. The van der Waals surface area contributed by atoms with Gasteiger partial charge in [0.15, 0.2) is 4.77 Å². The maximum atomic E-state index is 14.1. The Balaban J connectivity index is 2.11. The van der Waals surface area contributed by atoms with Gasteiger partial charge in [-0.2, -0.15) is 5.10 Å². The molecule has 3 aromatic rings. The standard InChI is InChI=1S/C17H15ClFN3S/c1-10-6-7-15(11(2)8-10)22-16(20-21-17(22)23)9-12-13(18)4-3-5-14(12)19/h3-8H,9H2,1-2H3,(H,21,23). The molecule has 1 aromatic heterocycles. The molecule has 6 heteroatoms. The van der Waals surface area contributed by atoms with Crippen LogP contribution < -0.4 is 0 Å². The van der Waals surface area contributed by atoms with Gasteiger partial charge < -0.3 is 0 Å². The normalized spacial score (nSPS) is 11.0. The molecular formula is C17H15ClFN3S. The predicted molar refractivity (Wildman–Crippen MR) is 92.4 cm³/mol. The average Bonchev–Trinajstić information content (AvgIpc) is 2.84. The summed E-state index contributed by atoms with van der Waals surface area (Å²) in [6.45, 7) is 4.04. The van der Waals surface area contributed by atoms with Crippen LogP contribution in [0.4, 0.5) is 4.39 Å². The lowest BCUT2D eigenvalue weighted by atomic mass is 10.1. The largest absolute Gasteiger partial charge is 0.272 e. The van der Waals surface area contributed by atoms with Crippen LogP contribution in [-0.2, 0) is 6.42 Å². The van der Waals surface area contributed by atoms with E-state index in [1.54, 1.807) is 12.1 Å². The number of rotatable bonds is 3. The molecule has 0 spiro atoms. The molecule has 1 heterocycles. The number of hydrogen-bond acceptors (Lipinski definition) is 2. The lowest BCUT2D eigenvalue weighted by Gasteiger charge is -2.11. The highest BCUT2D eigenvalue weighted by Gasteiger charge is 2.15. The minimum absolute atomic E-state index is 0.256. The maximum Gasteiger partial charge on any atom is 0.199 e. The molecule has 0 aliphatic rings. The summed E-state index contributed by atoms with van der Waals surface area (Å²) < 4.78 is 16.3. The van der Waals surface area contributed by atoms with Crippen molar-refractivity contribution < 1.29 is 4.39 Å². The summed E-state index contributed by atoms with van der Waals surface area (Å²) in [5, 5.41) is 7.42. The van der Waals surface area contributed by atoms with E-state index in [-0.39, 0.29) is 12.2 Å². The second kappa shape index (κ2) is 6.26. The van der Waals surface area contributed by atoms with Crippen LogP contribution in [0.1, 0.15) is 22.5 Å². The van der Waals surface area contributed by atoms with Crippen LogP contribution in [-0.4, -0.2) is 14.8 Å². The summed E-state index contributed by atoms with van der Waals surface area (Å²) >= 11 is 11.5. The summed E-state index contributed by atoms with van der Waals surface area (Å²) in [7, 11) is 0. The van der Waals surface area contributed by atoms with Gasteiger partial charge in [0.05, 0.1) is 5.69 Å². The van der Waals surface area contributed by atoms with Crippen LogP contribution in [0.5, 0.6) is 0 Å². The molecule has 0 bridgehead atoms. The van der Waals surface area contributed by atoms with E-state index < -0.39 is 0 Å². The van der Waals surface area contributed by atoms with Crippen LogP contribution in [0, 0.1) is 24.4 Å². The number of aromatic nitrogens is 3. The Labute approximate surface area is 143 Å². The molecule has 23 heavy (non-hydrogen) atoms. The lowest BCUT2D eigenvalue weighted by molar-refractivity contribution is 0.611. The number of hydrogen-bond donors (Lipinski definition) is 1. The number of benzene rings is 2. The monoisotopic (exact) mass is 347 g/mol. The molecule has 1 N–H and O–H groups in total. The second-order valence-corrected chi connectivity index (χ2v) is 6.24. The fraction of sp³-hybridized carbons (Fsp3) is 0.176. The fourth-order valence-electron chi connectivity index (χ4n) is 2.61. The van der Waals surface area contributed by atoms with E-state index >= 15 is 0 Å². The van der Waals surface area contributed by atoms with Crippen molar-refractivity contribution in [2.45, 2.75) is 20.3 Å². The van der Waals surface area contributed by atoms with Gasteiger partial charge in [-0.05, 0) is 49.8 Å². The zero-order valence-corrected chi connectivity index (χ0v) is 14.3. The van der Waals surface area contributed by atoms with Gasteiger partial charge in [-0.25, -0.2) is 4.39 Å². The van der Waals surface area contributed by atoms with E-state index in [4.69, 9.17) is 23.8 Å². The first-order valence-corrected chi connectivity index (χ1v) is 7.93. The Kier molecular flexibility index (Phi) is 4.33. The number of H-pyrrole nitrogens is 1. The predicted octanol–water partition coefficient (Wildman–Crippen LogP) is 4.93. The highest BCUT2D eigenvalue weighted by molar-refractivity contribution is 7.71. The van der Waals surface area contributed by atoms with Gasteiger partial charge in [0, 0.05) is 17.0 Å². The topological polar surface area (TPSA) is 33.6 Å². The zero-order chi connectivity index (χ0) is 16.6. The van der Waals surface area contributed by atoms with Gasteiger partial charge in [-0.3, -0.25) is 9.67 Å². The number of aryl methyl sites for hydroxylation is 2. The van der Waals surface area contributed by atoms with Gasteiger partial charge >= 0.3 is 0 Å². The minimum Gasteiger partial charge on any atom is -0.272 e. The van der Waals surface area contributed by atoms with Gasteiger partial charge in [0.25, 0.3) is 0 Å². The molecule has 0 radical (unpaired) electrons. The maximum absolute atomic E-state index is 14.1. The quantitative estimate of drug-likeness (QED) is 0.681. The number of nitrogens with one attached hydrogen (secondary N) is 1. The minimum atomic E-state index is -0.349. The number of halogens is 2. The van der Waals surface area contributed by atoms with Crippen molar-refractivity contribution in [3.05, 3.63) is 74.5 Å². The lowest BCUT2D eigenvalue weighted by Crippen LogP contribution is -2.06. The molecule has 0 aliphatic carbocycles. The van der Waals surface area contributed by atoms with E-state index in [0.717, 1.165) is 11.3 Å². The molecule has 0 saturated carbocycles. The molecule has 0 amide bonds. The molecule has 118 valence electrons. The third-order valence-corrected chi connectivity index (χ3v) is 4.36. The van der Waals surface area contributed by atoms with E-state index in [1.807, 2.05) is 30.5 Å². The number of nitrogens with zero attached hydrogens (tertiary/aromatic N) is 2. The van der Waals surface area contributed by atoms with Crippen molar-refractivity contribution in [2.24, 2.45) is 0 Å². The van der Waals surface area contributed by atoms with Crippen molar-refractivity contribution in [1.82, 2.24) is 14.8 Å². The molecular weight excluding hydrogens is 333 g/mol. The summed E-state index contributed by atoms with van der Waals surface area (Å²) in [5.74, 6) is 0.271. The molecule has 2 aromatic carbocycles. The van der Waals surface area contributed by atoms with Crippen LogP contribution in [0.2, 0.25) is 5.02 Å². The molecule has 3 nitrogen and oxygen atoms in total. The Morgan fingerprint density at radius 1 is 1.26 bits per heavy atom. The highest BCUT2D eigenvalue weighted by Crippen LogP contribution is 2.24. The van der Waals surface area contributed by atoms with Crippen molar-refractivity contribution >= 4 is 23.8 Å². The molecule has 0 aliphatic heterocycles. The van der Waals surface area contributed by atoms with E-state index in [9.17, 15) is 4.39 Å². The Hall–Kier alpha value is -1.98. The van der Waals surface area contributed by atoms with Gasteiger partial charge in [-0.1, -0.05) is 35.4 Å². The van der Waals surface area contributed by atoms with Crippen molar-refractivity contribution in [2.75, 3.05) is 0 Å². The van der Waals surface area contributed by atoms with Crippen LogP contribution in [0.25, 0.3) is 5.69 Å². The first-order valence-electron chi connectivity index (χ1n) is 7.14.